The Hall–Kier alpha value is -2.94. The van der Waals surface area contributed by atoms with Crippen molar-refractivity contribution in [1.29, 1.82) is 0 Å². The van der Waals surface area contributed by atoms with E-state index in [0.717, 1.165) is 24.8 Å². The Balaban J connectivity index is 1.49. The molecule has 0 radical (unpaired) electrons. The Morgan fingerprint density at radius 1 is 1.00 bits per heavy atom. The highest BCUT2D eigenvalue weighted by atomic mass is 16.5. The van der Waals surface area contributed by atoms with E-state index in [1.807, 2.05) is 12.1 Å². The Labute approximate surface area is 154 Å². The fourth-order valence-corrected chi connectivity index (χ4v) is 3.05. The number of phenols is 1. The fraction of sp³-hybridized carbons (Fsp3) is 0.217. The van der Waals surface area contributed by atoms with E-state index in [0.29, 0.717) is 5.75 Å². The monoisotopic (exact) mass is 347 g/mol. The zero-order chi connectivity index (χ0) is 18.4. The molecule has 1 aromatic heterocycles. The number of rotatable bonds is 7. The summed E-state index contributed by atoms with van der Waals surface area (Å²) in [5.41, 5.74) is 3.53. The van der Waals surface area contributed by atoms with Crippen LogP contribution in [0.3, 0.4) is 0 Å². The predicted octanol–water partition coefficient (Wildman–Crippen LogP) is 5.79. The molecule has 0 aliphatic carbocycles. The lowest BCUT2D eigenvalue weighted by atomic mass is 10.1. The molecular weight excluding hydrogens is 322 g/mol. The van der Waals surface area contributed by atoms with Gasteiger partial charge in [0.2, 0.25) is 0 Å². The molecule has 0 aliphatic rings. The third kappa shape index (κ3) is 4.17. The Morgan fingerprint density at radius 2 is 1.77 bits per heavy atom. The van der Waals surface area contributed by atoms with Crippen LogP contribution in [0.5, 0.6) is 11.5 Å². The topological polar surface area (TPSA) is 34.4 Å². The molecule has 3 heteroatoms. The molecule has 3 nitrogen and oxygen atoms in total. The number of aromatic hydroxyl groups is 1. The third-order valence-corrected chi connectivity index (χ3v) is 4.53. The quantitative estimate of drug-likeness (QED) is 0.549. The smallest absolute Gasteiger partial charge is 0.161 e. The zero-order valence-corrected chi connectivity index (χ0v) is 15.4. The maximum atomic E-state index is 9.60. The molecule has 0 saturated carbocycles. The molecule has 0 unspecified atom stereocenters. The number of unbranched alkanes of at least 4 members (excludes halogenated alkanes) is 2. The van der Waals surface area contributed by atoms with E-state index in [2.05, 4.69) is 66.3 Å². The first-order valence-corrected chi connectivity index (χ1v) is 8.93. The molecule has 0 saturated heterocycles. The number of ether oxygens (including phenoxy) is 1. The lowest BCUT2D eigenvalue weighted by Gasteiger charge is -2.03. The average Bonchev–Trinajstić information content (AvgIpc) is 2.98. The van der Waals surface area contributed by atoms with E-state index in [1.54, 1.807) is 13.2 Å². The molecule has 2 aromatic carbocycles. The molecule has 1 N–H and O–H groups in total. The van der Waals surface area contributed by atoms with Crippen molar-refractivity contribution < 1.29 is 9.84 Å². The van der Waals surface area contributed by atoms with Crippen LogP contribution in [0.1, 0.15) is 30.5 Å². The van der Waals surface area contributed by atoms with Gasteiger partial charge in [-0.05, 0) is 55.2 Å². The molecule has 0 amide bonds. The minimum atomic E-state index is 0.170. The van der Waals surface area contributed by atoms with Crippen molar-refractivity contribution in [3.8, 4) is 11.5 Å². The molecule has 0 bridgehead atoms. The number of methoxy groups -OCH3 is 1. The second-order valence-electron chi connectivity index (χ2n) is 6.35. The van der Waals surface area contributed by atoms with Gasteiger partial charge in [0.1, 0.15) is 0 Å². The molecule has 3 aromatic rings. The van der Waals surface area contributed by atoms with Crippen LogP contribution in [0.25, 0.3) is 23.1 Å². The zero-order valence-electron chi connectivity index (χ0n) is 15.4. The van der Waals surface area contributed by atoms with Gasteiger partial charge in [-0.25, -0.2) is 0 Å². The van der Waals surface area contributed by atoms with Gasteiger partial charge in [-0.15, -0.1) is 0 Å². The van der Waals surface area contributed by atoms with Crippen LogP contribution < -0.4 is 4.74 Å². The van der Waals surface area contributed by atoms with Crippen molar-refractivity contribution in [3.05, 3.63) is 71.9 Å². The van der Waals surface area contributed by atoms with Crippen LogP contribution in [0.2, 0.25) is 0 Å². The number of hydrogen-bond acceptors (Lipinski definition) is 2. The molecule has 26 heavy (non-hydrogen) atoms. The van der Waals surface area contributed by atoms with Crippen molar-refractivity contribution in [3.63, 3.8) is 0 Å². The van der Waals surface area contributed by atoms with Crippen molar-refractivity contribution in [2.75, 3.05) is 7.11 Å². The first-order valence-electron chi connectivity index (χ1n) is 8.93. The summed E-state index contributed by atoms with van der Waals surface area (Å²) in [5, 5.41) is 10.9. The highest BCUT2D eigenvalue weighted by Gasteiger charge is 2.01. The maximum absolute atomic E-state index is 9.60. The molecule has 3 rings (SSSR count). The molecule has 0 fully saturated rings. The number of aryl methyl sites for hydroxylation is 1. The standard InChI is InChI=1S/C23H25NO2/c1-24-20(17-19-11-8-9-13-21(19)24)12-7-5-3-4-6-10-18-14-15-22(25)23(16-18)26-2/h6-17,25H,3-5H2,1-2H3/b10-6+,12-7+. The van der Waals surface area contributed by atoms with E-state index >= 15 is 0 Å². The lowest BCUT2D eigenvalue weighted by molar-refractivity contribution is 0.373. The van der Waals surface area contributed by atoms with E-state index in [1.165, 1.54) is 16.6 Å². The van der Waals surface area contributed by atoms with Crippen molar-refractivity contribution in [2.24, 2.45) is 7.05 Å². The normalized spacial score (nSPS) is 11.8. The number of fused-ring (bicyclic) bond motifs is 1. The number of hydrogen-bond donors (Lipinski definition) is 1. The summed E-state index contributed by atoms with van der Waals surface area (Å²) in [5.74, 6) is 0.674. The summed E-state index contributed by atoms with van der Waals surface area (Å²) >= 11 is 0. The van der Waals surface area contributed by atoms with E-state index in [4.69, 9.17) is 4.74 Å². The minimum Gasteiger partial charge on any atom is -0.504 e. The average molecular weight is 347 g/mol. The van der Waals surface area contributed by atoms with Gasteiger partial charge in [-0.3, -0.25) is 0 Å². The van der Waals surface area contributed by atoms with Gasteiger partial charge < -0.3 is 14.4 Å². The summed E-state index contributed by atoms with van der Waals surface area (Å²) < 4.78 is 7.35. The first kappa shape index (κ1) is 17.9. The summed E-state index contributed by atoms with van der Waals surface area (Å²) in [4.78, 5) is 0. The number of aromatic nitrogens is 1. The van der Waals surface area contributed by atoms with Crippen molar-refractivity contribution >= 4 is 23.1 Å². The van der Waals surface area contributed by atoms with Crippen LogP contribution in [0.15, 0.2) is 60.7 Å². The summed E-state index contributed by atoms with van der Waals surface area (Å²) in [6.07, 6.45) is 11.8. The van der Waals surface area contributed by atoms with Crippen LogP contribution >= 0.6 is 0 Å². The summed E-state index contributed by atoms with van der Waals surface area (Å²) in [6.45, 7) is 0. The Kier molecular flexibility index (Phi) is 5.80. The Morgan fingerprint density at radius 3 is 2.54 bits per heavy atom. The van der Waals surface area contributed by atoms with Crippen LogP contribution in [-0.2, 0) is 7.05 Å². The number of phenolic OH excluding ortho intramolecular Hbond substituents is 1. The van der Waals surface area contributed by atoms with Gasteiger partial charge in [0, 0.05) is 23.6 Å². The molecule has 134 valence electrons. The van der Waals surface area contributed by atoms with Gasteiger partial charge in [0.05, 0.1) is 7.11 Å². The highest BCUT2D eigenvalue weighted by Crippen LogP contribution is 2.26. The highest BCUT2D eigenvalue weighted by molar-refractivity contribution is 5.83. The Bertz CT molecular complexity index is 935. The van der Waals surface area contributed by atoms with Crippen LogP contribution in [-0.4, -0.2) is 16.8 Å². The van der Waals surface area contributed by atoms with E-state index in [-0.39, 0.29) is 5.75 Å². The van der Waals surface area contributed by atoms with Gasteiger partial charge in [0.15, 0.2) is 11.5 Å². The van der Waals surface area contributed by atoms with Crippen molar-refractivity contribution in [2.45, 2.75) is 19.3 Å². The maximum Gasteiger partial charge on any atom is 0.161 e. The van der Waals surface area contributed by atoms with Crippen LogP contribution in [0.4, 0.5) is 0 Å². The second-order valence-corrected chi connectivity index (χ2v) is 6.35. The second kappa shape index (κ2) is 8.43. The van der Waals surface area contributed by atoms with Gasteiger partial charge in [-0.1, -0.05) is 42.5 Å². The van der Waals surface area contributed by atoms with Gasteiger partial charge in [-0.2, -0.15) is 0 Å². The van der Waals surface area contributed by atoms with E-state index in [9.17, 15) is 5.11 Å². The van der Waals surface area contributed by atoms with Gasteiger partial charge in [0.25, 0.3) is 0 Å². The van der Waals surface area contributed by atoms with E-state index < -0.39 is 0 Å². The number of para-hydroxylation sites is 1. The number of benzene rings is 2. The summed E-state index contributed by atoms with van der Waals surface area (Å²) in [6, 6.07) is 16.1. The molecule has 1 heterocycles. The molecule has 0 atom stereocenters. The molecular formula is C23H25NO2. The fourth-order valence-electron chi connectivity index (χ4n) is 3.05. The number of allylic oxidation sites excluding steroid dienone is 2. The first-order chi connectivity index (χ1) is 12.7. The summed E-state index contributed by atoms with van der Waals surface area (Å²) in [7, 11) is 3.67. The SMILES string of the molecule is COc1cc(/C=C/CCC/C=C/c2cc3ccccc3n2C)ccc1O. The van der Waals surface area contributed by atoms with Gasteiger partial charge >= 0.3 is 0 Å². The van der Waals surface area contributed by atoms with Crippen molar-refractivity contribution in [1.82, 2.24) is 4.57 Å². The molecule has 0 spiro atoms. The number of nitrogens with zero attached hydrogens (tertiary/aromatic N) is 1. The largest absolute Gasteiger partial charge is 0.504 e. The predicted molar refractivity (Wildman–Crippen MR) is 109 cm³/mol. The molecule has 0 aliphatic heterocycles. The van der Waals surface area contributed by atoms with Crippen LogP contribution in [0, 0.1) is 0 Å². The minimum absolute atomic E-state index is 0.170. The lowest BCUT2D eigenvalue weighted by Crippen LogP contribution is -1.89. The third-order valence-electron chi connectivity index (χ3n) is 4.53.